The number of aromatic amines is 1. The Balaban J connectivity index is 1.38. The van der Waals surface area contributed by atoms with E-state index in [-0.39, 0.29) is 17.4 Å². The maximum atomic E-state index is 13.1. The Hall–Kier alpha value is -2.87. The van der Waals surface area contributed by atoms with Gasteiger partial charge in [-0.2, -0.15) is 0 Å². The predicted octanol–water partition coefficient (Wildman–Crippen LogP) is 4.72. The van der Waals surface area contributed by atoms with Crippen molar-refractivity contribution in [1.82, 2.24) is 15.3 Å². The first-order chi connectivity index (χ1) is 16.6. The van der Waals surface area contributed by atoms with Gasteiger partial charge in [0.2, 0.25) is 11.9 Å². The molecule has 2 aromatic heterocycles. The monoisotopic (exact) mass is 480 g/mol. The molecule has 3 aromatic rings. The fourth-order valence-corrected chi connectivity index (χ4v) is 6.10. The lowest BCUT2D eigenvalue weighted by molar-refractivity contribution is -0.126. The number of carbonyl (C=O) groups excluding carboxylic acids is 1. The molecule has 3 heterocycles. The molecule has 1 unspecified atom stereocenters. The third-order valence-corrected chi connectivity index (χ3v) is 8.06. The smallest absolute Gasteiger partial charge is 0.270 e. The van der Waals surface area contributed by atoms with Gasteiger partial charge in [0.1, 0.15) is 10.4 Å². The second-order valence-corrected chi connectivity index (χ2v) is 10.3. The largest absolute Gasteiger partial charge is 0.497 e. The standard InChI is InChI=1S/C26H32N4O3S/c1-33-20-12-6-8-17(14-20)21-16-34-23-22(21)28-26(29-25(23)32)30-13-7-9-18(15-30)24(31)27-19-10-4-2-3-5-11-19/h6,8,12,14,16,18-19H,2-5,7,9-11,13,15H2,1H3,(H,27,31)(H,28,29,32). The first-order valence-electron chi connectivity index (χ1n) is 12.3. The maximum Gasteiger partial charge on any atom is 0.270 e. The second-order valence-electron chi connectivity index (χ2n) is 9.43. The van der Waals surface area contributed by atoms with Crippen molar-refractivity contribution in [3.05, 3.63) is 40.0 Å². The fraction of sp³-hybridized carbons (Fsp3) is 0.500. The molecule has 1 saturated carbocycles. The summed E-state index contributed by atoms with van der Waals surface area (Å²) in [6.07, 6.45) is 8.87. The van der Waals surface area contributed by atoms with Crippen LogP contribution in [0.5, 0.6) is 5.75 Å². The number of thiophene rings is 1. The normalized spacial score (nSPS) is 19.7. The van der Waals surface area contributed by atoms with Crippen LogP contribution in [-0.2, 0) is 4.79 Å². The highest BCUT2D eigenvalue weighted by Crippen LogP contribution is 2.33. The quantitative estimate of drug-likeness (QED) is 0.516. The number of fused-ring (bicyclic) bond motifs is 1. The minimum Gasteiger partial charge on any atom is -0.497 e. The molecule has 0 bridgehead atoms. The van der Waals surface area contributed by atoms with E-state index in [2.05, 4.69) is 15.2 Å². The van der Waals surface area contributed by atoms with Gasteiger partial charge in [-0.05, 0) is 43.4 Å². The number of ether oxygens (including phenoxy) is 1. The van der Waals surface area contributed by atoms with Gasteiger partial charge in [0, 0.05) is 30.1 Å². The SMILES string of the molecule is COc1cccc(-c2csc3c(=O)[nH]c(N4CCCC(C(=O)NC5CCCCCC5)C4)nc23)c1. The van der Waals surface area contributed by atoms with Crippen LogP contribution in [0.15, 0.2) is 34.4 Å². The van der Waals surface area contributed by atoms with Crippen LogP contribution in [0, 0.1) is 5.92 Å². The summed E-state index contributed by atoms with van der Waals surface area (Å²) in [5.74, 6) is 1.37. The van der Waals surface area contributed by atoms with Crippen LogP contribution in [-0.4, -0.2) is 42.1 Å². The Bertz CT molecular complexity index is 1210. The van der Waals surface area contributed by atoms with Crippen molar-refractivity contribution in [3.63, 3.8) is 0 Å². The Morgan fingerprint density at radius 3 is 2.79 bits per heavy atom. The summed E-state index contributed by atoms with van der Waals surface area (Å²) in [5.41, 5.74) is 2.45. The highest BCUT2D eigenvalue weighted by atomic mass is 32.1. The summed E-state index contributed by atoms with van der Waals surface area (Å²) in [4.78, 5) is 35.9. The van der Waals surface area contributed by atoms with Crippen molar-refractivity contribution in [2.45, 2.75) is 57.4 Å². The predicted molar refractivity (Wildman–Crippen MR) is 137 cm³/mol. The molecular formula is C26H32N4O3S. The van der Waals surface area contributed by atoms with Gasteiger partial charge >= 0.3 is 0 Å². The number of anilines is 1. The minimum absolute atomic E-state index is 0.0849. The third kappa shape index (κ3) is 4.82. The summed E-state index contributed by atoms with van der Waals surface area (Å²) in [5, 5.41) is 5.29. The number of nitrogens with zero attached hydrogens (tertiary/aromatic N) is 2. The Morgan fingerprint density at radius 2 is 2.00 bits per heavy atom. The number of hydrogen-bond donors (Lipinski definition) is 2. The molecule has 1 saturated heterocycles. The van der Waals surface area contributed by atoms with Crippen molar-refractivity contribution in [3.8, 4) is 16.9 Å². The molecule has 1 amide bonds. The van der Waals surface area contributed by atoms with Crippen molar-refractivity contribution in [2.75, 3.05) is 25.1 Å². The summed E-state index contributed by atoms with van der Waals surface area (Å²) in [6, 6.07) is 8.10. The summed E-state index contributed by atoms with van der Waals surface area (Å²) < 4.78 is 5.98. The fourth-order valence-electron chi connectivity index (χ4n) is 5.19. The lowest BCUT2D eigenvalue weighted by Crippen LogP contribution is -2.46. The Kier molecular flexibility index (Phi) is 6.85. The molecule has 1 aliphatic carbocycles. The molecule has 7 nitrogen and oxygen atoms in total. The van der Waals surface area contributed by atoms with Crippen LogP contribution >= 0.6 is 11.3 Å². The zero-order valence-electron chi connectivity index (χ0n) is 19.6. The molecule has 2 N–H and O–H groups in total. The molecule has 1 atom stereocenters. The first-order valence-corrected chi connectivity index (χ1v) is 13.2. The third-order valence-electron chi connectivity index (χ3n) is 7.09. The summed E-state index contributed by atoms with van der Waals surface area (Å²) >= 11 is 1.40. The number of carbonyl (C=O) groups is 1. The van der Waals surface area contributed by atoms with Gasteiger partial charge in [-0.25, -0.2) is 4.98 Å². The highest BCUT2D eigenvalue weighted by Gasteiger charge is 2.29. The van der Waals surface area contributed by atoms with E-state index in [9.17, 15) is 9.59 Å². The number of rotatable bonds is 5. The van der Waals surface area contributed by atoms with E-state index in [1.807, 2.05) is 29.6 Å². The molecule has 0 radical (unpaired) electrons. The number of benzene rings is 1. The van der Waals surface area contributed by atoms with E-state index in [4.69, 9.17) is 9.72 Å². The summed E-state index contributed by atoms with van der Waals surface area (Å²) in [7, 11) is 1.64. The van der Waals surface area contributed by atoms with Gasteiger partial charge in [-0.1, -0.05) is 37.8 Å². The van der Waals surface area contributed by atoms with Crippen LogP contribution in [0.1, 0.15) is 51.4 Å². The van der Waals surface area contributed by atoms with Gasteiger partial charge in [-0.3, -0.25) is 14.6 Å². The zero-order chi connectivity index (χ0) is 23.5. The van der Waals surface area contributed by atoms with E-state index in [0.29, 0.717) is 28.8 Å². The number of H-pyrrole nitrogens is 1. The molecular weight excluding hydrogens is 448 g/mol. The molecule has 1 aromatic carbocycles. The van der Waals surface area contributed by atoms with Crippen molar-refractivity contribution in [1.29, 1.82) is 0 Å². The highest BCUT2D eigenvalue weighted by molar-refractivity contribution is 7.17. The van der Waals surface area contributed by atoms with Crippen LogP contribution in [0.25, 0.3) is 21.3 Å². The van der Waals surface area contributed by atoms with E-state index in [1.165, 1.54) is 37.0 Å². The van der Waals surface area contributed by atoms with Crippen LogP contribution < -0.4 is 20.5 Å². The lowest BCUT2D eigenvalue weighted by atomic mass is 9.96. The minimum atomic E-state index is -0.135. The average Bonchev–Trinajstić information content (AvgIpc) is 3.14. The molecule has 180 valence electrons. The second kappa shape index (κ2) is 10.2. The lowest BCUT2D eigenvalue weighted by Gasteiger charge is -2.33. The molecule has 0 spiro atoms. The van der Waals surface area contributed by atoms with E-state index in [0.717, 1.165) is 49.1 Å². The first kappa shape index (κ1) is 22.9. The topological polar surface area (TPSA) is 87.3 Å². The van der Waals surface area contributed by atoms with E-state index in [1.54, 1.807) is 7.11 Å². The molecule has 2 fully saturated rings. The van der Waals surface area contributed by atoms with Gasteiger partial charge in [-0.15, -0.1) is 11.3 Å². The number of methoxy groups -OCH3 is 1. The Morgan fingerprint density at radius 1 is 1.18 bits per heavy atom. The molecule has 2 aliphatic rings. The molecule has 8 heteroatoms. The number of amides is 1. The number of hydrogen-bond acceptors (Lipinski definition) is 6. The van der Waals surface area contributed by atoms with Crippen LogP contribution in [0.3, 0.4) is 0 Å². The number of aromatic nitrogens is 2. The van der Waals surface area contributed by atoms with Crippen molar-refractivity contribution in [2.24, 2.45) is 5.92 Å². The summed E-state index contributed by atoms with van der Waals surface area (Å²) in [6.45, 7) is 1.35. The van der Waals surface area contributed by atoms with Gasteiger partial charge in [0.15, 0.2) is 0 Å². The van der Waals surface area contributed by atoms with E-state index >= 15 is 0 Å². The Labute approximate surface area is 203 Å². The van der Waals surface area contributed by atoms with Crippen molar-refractivity contribution < 1.29 is 9.53 Å². The molecule has 5 rings (SSSR count). The van der Waals surface area contributed by atoms with Crippen LogP contribution in [0.2, 0.25) is 0 Å². The number of piperidine rings is 1. The van der Waals surface area contributed by atoms with Crippen LogP contribution in [0.4, 0.5) is 5.95 Å². The van der Waals surface area contributed by atoms with Gasteiger partial charge < -0.3 is 15.0 Å². The van der Waals surface area contributed by atoms with Gasteiger partial charge in [0.25, 0.3) is 5.56 Å². The number of nitrogens with one attached hydrogen (secondary N) is 2. The maximum absolute atomic E-state index is 13.1. The molecule has 1 aliphatic heterocycles. The molecule has 34 heavy (non-hydrogen) atoms. The van der Waals surface area contributed by atoms with E-state index < -0.39 is 0 Å². The zero-order valence-corrected chi connectivity index (χ0v) is 20.5. The van der Waals surface area contributed by atoms with Crippen molar-refractivity contribution >= 4 is 33.4 Å². The van der Waals surface area contributed by atoms with Gasteiger partial charge in [0.05, 0.1) is 18.5 Å². The average molecular weight is 481 g/mol.